The number of para-hydroxylation sites is 2. The van der Waals surface area contributed by atoms with Crippen molar-refractivity contribution in [3.63, 3.8) is 0 Å². The normalized spacial score (nSPS) is 12.1. The summed E-state index contributed by atoms with van der Waals surface area (Å²) in [6.45, 7) is 0. The Hall–Kier alpha value is -1.81. The summed E-state index contributed by atoms with van der Waals surface area (Å²) in [6.07, 6.45) is 0.692. The lowest BCUT2D eigenvalue weighted by atomic mass is 10.1. The number of rotatable bonds is 5. The number of nitrogens with two attached hydrogens (primary N) is 1. The van der Waals surface area contributed by atoms with Gasteiger partial charge in [-0.1, -0.05) is 30.3 Å². The first-order valence-electron chi connectivity index (χ1n) is 6.07. The second kappa shape index (κ2) is 6.38. The second-order valence-electron chi connectivity index (χ2n) is 4.15. The Morgan fingerprint density at radius 1 is 1.11 bits per heavy atom. The highest BCUT2D eigenvalue weighted by molar-refractivity contribution is 7.85. The standard InChI is InChI=1S/C15H17NO2S/c1-18-14-8-4-5-9-15(14)19(17)11-10-12-6-2-3-7-13(12)16/h2-9H,10-11,16H2,1H3. The van der Waals surface area contributed by atoms with E-state index in [9.17, 15) is 4.21 Å². The topological polar surface area (TPSA) is 52.3 Å². The monoisotopic (exact) mass is 275 g/mol. The first-order chi connectivity index (χ1) is 9.22. The van der Waals surface area contributed by atoms with Crippen LogP contribution in [0.5, 0.6) is 5.75 Å². The number of hydrogen-bond acceptors (Lipinski definition) is 3. The molecule has 0 saturated heterocycles. The Morgan fingerprint density at radius 2 is 1.79 bits per heavy atom. The van der Waals surface area contributed by atoms with Gasteiger partial charge in [0.05, 0.1) is 22.8 Å². The van der Waals surface area contributed by atoms with E-state index >= 15 is 0 Å². The number of benzene rings is 2. The molecule has 2 rings (SSSR count). The summed E-state index contributed by atoms with van der Waals surface area (Å²) in [6, 6.07) is 15.1. The van der Waals surface area contributed by atoms with E-state index in [1.807, 2.05) is 48.5 Å². The Bertz CT molecular complexity index is 584. The van der Waals surface area contributed by atoms with Gasteiger partial charge >= 0.3 is 0 Å². The lowest BCUT2D eigenvalue weighted by Gasteiger charge is -2.08. The van der Waals surface area contributed by atoms with Gasteiger partial charge in [-0.25, -0.2) is 0 Å². The summed E-state index contributed by atoms with van der Waals surface area (Å²) in [5.41, 5.74) is 7.66. The van der Waals surface area contributed by atoms with Crippen molar-refractivity contribution < 1.29 is 8.95 Å². The van der Waals surface area contributed by atoms with Gasteiger partial charge in [-0.15, -0.1) is 0 Å². The SMILES string of the molecule is COc1ccccc1S(=O)CCc1ccccc1N. The molecule has 0 aliphatic rings. The molecule has 0 radical (unpaired) electrons. The molecule has 2 N–H and O–H groups in total. The molecule has 0 spiro atoms. The summed E-state index contributed by atoms with van der Waals surface area (Å²) in [4.78, 5) is 0.736. The average molecular weight is 275 g/mol. The Morgan fingerprint density at radius 3 is 2.53 bits per heavy atom. The van der Waals surface area contributed by atoms with Crippen LogP contribution in [0.1, 0.15) is 5.56 Å². The zero-order chi connectivity index (χ0) is 13.7. The van der Waals surface area contributed by atoms with Crippen LogP contribution in [-0.4, -0.2) is 17.1 Å². The van der Waals surface area contributed by atoms with E-state index in [4.69, 9.17) is 10.5 Å². The fraction of sp³-hybridized carbons (Fsp3) is 0.200. The van der Waals surface area contributed by atoms with Crippen LogP contribution in [0.2, 0.25) is 0 Å². The van der Waals surface area contributed by atoms with Crippen LogP contribution in [0.3, 0.4) is 0 Å². The van der Waals surface area contributed by atoms with Crippen LogP contribution in [-0.2, 0) is 17.2 Å². The van der Waals surface area contributed by atoms with Crippen molar-refractivity contribution in [1.29, 1.82) is 0 Å². The molecule has 2 aromatic carbocycles. The van der Waals surface area contributed by atoms with Crippen LogP contribution >= 0.6 is 0 Å². The van der Waals surface area contributed by atoms with E-state index in [-0.39, 0.29) is 0 Å². The summed E-state index contributed by atoms with van der Waals surface area (Å²) < 4.78 is 17.5. The Labute approximate surface area is 115 Å². The number of aryl methyl sites for hydroxylation is 1. The first kappa shape index (κ1) is 13.6. The molecule has 4 heteroatoms. The van der Waals surface area contributed by atoms with Crippen molar-refractivity contribution in [3.8, 4) is 5.75 Å². The van der Waals surface area contributed by atoms with Crippen molar-refractivity contribution in [2.45, 2.75) is 11.3 Å². The maximum Gasteiger partial charge on any atom is 0.134 e. The molecular formula is C15H17NO2S. The Balaban J connectivity index is 2.08. The molecule has 0 aliphatic heterocycles. The van der Waals surface area contributed by atoms with Crippen LogP contribution in [0.15, 0.2) is 53.4 Å². The third kappa shape index (κ3) is 3.35. The molecule has 0 aliphatic carbocycles. The van der Waals surface area contributed by atoms with Crippen LogP contribution < -0.4 is 10.5 Å². The molecule has 0 bridgehead atoms. The molecule has 0 amide bonds. The maximum atomic E-state index is 12.3. The molecular weight excluding hydrogens is 258 g/mol. The molecule has 0 aromatic heterocycles. The van der Waals surface area contributed by atoms with Crippen molar-refractivity contribution >= 4 is 16.5 Å². The van der Waals surface area contributed by atoms with Gasteiger partial charge in [0.1, 0.15) is 5.75 Å². The summed E-state index contributed by atoms with van der Waals surface area (Å²) in [5.74, 6) is 1.20. The predicted octanol–water partition coefficient (Wildman–Crippen LogP) is 2.63. The minimum Gasteiger partial charge on any atom is -0.495 e. The molecule has 3 nitrogen and oxygen atoms in total. The lowest BCUT2D eigenvalue weighted by Crippen LogP contribution is -2.05. The van der Waals surface area contributed by atoms with Crippen molar-refractivity contribution in [1.82, 2.24) is 0 Å². The van der Waals surface area contributed by atoms with Crippen molar-refractivity contribution in [3.05, 3.63) is 54.1 Å². The maximum absolute atomic E-state index is 12.3. The van der Waals surface area contributed by atoms with Gasteiger partial charge in [0.2, 0.25) is 0 Å². The van der Waals surface area contributed by atoms with E-state index in [0.717, 1.165) is 16.1 Å². The summed E-state index contributed by atoms with van der Waals surface area (Å²) in [5, 5.41) is 0. The van der Waals surface area contributed by atoms with Gasteiger partial charge < -0.3 is 10.5 Å². The summed E-state index contributed by atoms with van der Waals surface area (Å²) in [7, 11) is 0.504. The minimum atomic E-state index is -1.08. The molecule has 0 fully saturated rings. The van der Waals surface area contributed by atoms with Gasteiger partial charge in [0, 0.05) is 11.4 Å². The van der Waals surface area contributed by atoms with E-state index in [1.165, 1.54) is 0 Å². The molecule has 1 atom stereocenters. The van der Waals surface area contributed by atoms with E-state index in [0.29, 0.717) is 17.9 Å². The highest BCUT2D eigenvalue weighted by Gasteiger charge is 2.10. The van der Waals surface area contributed by atoms with Crippen LogP contribution in [0, 0.1) is 0 Å². The summed E-state index contributed by atoms with van der Waals surface area (Å²) >= 11 is 0. The van der Waals surface area contributed by atoms with Gasteiger partial charge in [-0.05, 0) is 30.2 Å². The zero-order valence-corrected chi connectivity index (χ0v) is 11.7. The first-order valence-corrected chi connectivity index (χ1v) is 7.39. The van der Waals surface area contributed by atoms with Gasteiger partial charge in [-0.2, -0.15) is 0 Å². The highest BCUT2D eigenvalue weighted by atomic mass is 32.2. The highest BCUT2D eigenvalue weighted by Crippen LogP contribution is 2.22. The number of ether oxygens (including phenoxy) is 1. The zero-order valence-electron chi connectivity index (χ0n) is 10.8. The number of nitrogen functional groups attached to an aromatic ring is 1. The number of hydrogen-bond donors (Lipinski definition) is 1. The molecule has 2 aromatic rings. The van der Waals surface area contributed by atoms with Gasteiger partial charge in [0.15, 0.2) is 0 Å². The van der Waals surface area contributed by atoms with Crippen molar-refractivity contribution in [2.75, 3.05) is 18.6 Å². The smallest absolute Gasteiger partial charge is 0.134 e. The number of methoxy groups -OCH3 is 1. The van der Waals surface area contributed by atoms with Gasteiger partial charge in [0.25, 0.3) is 0 Å². The van der Waals surface area contributed by atoms with Gasteiger partial charge in [-0.3, -0.25) is 4.21 Å². The molecule has 1 unspecified atom stereocenters. The Kier molecular flexibility index (Phi) is 4.58. The quantitative estimate of drug-likeness (QED) is 0.853. The molecule has 100 valence electrons. The third-order valence-electron chi connectivity index (χ3n) is 2.93. The fourth-order valence-electron chi connectivity index (χ4n) is 1.88. The van der Waals surface area contributed by atoms with E-state index in [2.05, 4.69) is 0 Å². The van der Waals surface area contributed by atoms with E-state index < -0.39 is 10.8 Å². The second-order valence-corrected chi connectivity index (χ2v) is 5.69. The van der Waals surface area contributed by atoms with Crippen molar-refractivity contribution in [2.24, 2.45) is 0 Å². The largest absolute Gasteiger partial charge is 0.495 e. The fourth-order valence-corrected chi connectivity index (χ4v) is 3.11. The lowest BCUT2D eigenvalue weighted by molar-refractivity contribution is 0.404. The molecule has 0 saturated carbocycles. The minimum absolute atomic E-state index is 0.536. The molecule has 19 heavy (non-hydrogen) atoms. The number of anilines is 1. The van der Waals surface area contributed by atoms with E-state index in [1.54, 1.807) is 7.11 Å². The van der Waals surface area contributed by atoms with Crippen LogP contribution in [0.25, 0.3) is 0 Å². The predicted molar refractivity (Wildman–Crippen MR) is 78.8 cm³/mol. The molecule has 0 heterocycles. The third-order valence-corrected chi connectivity index (χ3v) is 4.33. The van der Waals surface area contributed by atoms with Crippen LogP contribution in [0.4, 0.5) is 5.69 Å². The average Bonchev–Trinajstić information content (AvgIpc) is 2.46.